The van der Waals surface area contributed by atoms with Gasteiger partial charge in [0.2, 0.25) is 0 Å². The van der Waals surface area contributed by atoms with Gasteiger partial charge in [-0.25, -0.2) is 8.78 Å². The van der Waals surface area contributed by atoms with Crippen LogP contribution in [0.4, 0.5) is 8.78 Å². The van der Waals surface area contributed by atoms with Gasteiger partial charge in [-0.1, -0.05) is 6.92 Å². The summed E-state index contributed by atoms with van der Waals surface area (Å²) in [6.45, 7) is 2.59. The lowest BCUT2D eigenvalue weighted by Crippen LogP contribution is -2.15. The van der Waals surface area contributed by atoms with E-state index in [1.165, 1.54) is 0 Å². The number of amidine groups is 1. The Morgan fingerprint density at radius 1 is 1.43 bits per heavy atom. The molecule has 4 heteroatoms. The zero-order valence-corrected chi connectivity index (χ0v) is 8.34. The number of nitrogens with two attached hydrogens (primary N) is 1. The molecule has 2 nitrogen and oxygen atoms in total. The first-order valence-electron chi connectivity index (χ1n) is 5.22. The number of nitrogens with zero attached hydrogens (tertiary/aromatic N) is 1. The molecule has 2 saturated carbocycles. The van der Waals surface area contributed by atoms with Crippen LogP contribution in [-0.2, 0) is 0 Å². The Hall–Kier alpha value is -0.670. The second-order valence-corrected chi connectivity index (χ2v) is 4.41. The molecule has 0 aliphatic heterocycles. The van der Waals surface area contributed by atoms with Crippen LogP contribution in [0, 0.1) is 17.8 Å². The van der Waals surface area contributed by atoms with Crippen molar-refractivity contribution in [1.82, 2.24) is 0 Å². The normalized spacial score (nSPS) is 39.6. The predicted octanol–water partition coefficient (Wildman–Crippen LogP) is 2.04. The van der Waals surface area contributed by atoms with Crippen LogP contribution >= 0.6 is 0 Å². The molecule has 0 spiro atoms. The average Bonchev–Trinajstić information content (AvgIpc) is 2.57. The van der Waals surface area contributed by atoms with Crippen LogP contribution in [0.3, 0.4) is 0 Å². The molecule has 0 aromatic rings. The van der Waals surface area contributed by atoms with E-state index in [1.807, 2.05) is 6.92 Å². The summed E-state index contributed by atoms with van der Waals surface area (Å²) in [7, 11) is 0. The Bertz CT molecular complexity index is 249. The quantitative estimate of drug-likeness (QED) is 0.552. The molecule has 0 aromatic heterocycles. The maximum Gasteiger partial charge on any atom is 0.254 e. The standard InChI is InChI=1S/C10H16F2N2/c1-2-9(13)14-5-6-3-7-8(4-6)10(7,11)12/h6-8H,2-5H2,1H3,(H2,13,14). The Kier molecular flexibility index (Phi) is 2.24. The van der Waals surface area contributed by atoms with E-state index in [0.717, 1.165) is 6.42 Å². The predicted molar refractivity (Wildman–Crippen MR) is 51.4 cm³/mol. The third-order valence-corrected chi connectivity index (χ3v) is 3.45. The number of halogens is 2. The van der Waals surface area contributed by atoms with Gasteiger partial charge in [0.25, 0.3) is 5.92 Å². The summed E-state index contributed by atoms with van der Waals surface area (Å²) in [6.07, 6.45) is 2.02. The van der Waals surface area contributed by atoms with Gasteiger partial charge in [0.1, 0.15) is 0 Å². The molecule has 2 atom stereocenters. The summed E-state index contributed by atoms with van der Waals surface area (Å²) in [5.74, 6) is -2.06. The molecule has 80 valence electrons. The summed E-state index contributed by atoms with van der Waals surface area (Å²) in [6, 6.07) is 0. The summed E-state index contributed by atoms with van der Waals surface area (Å²) < 4.78 is 25.6. The van der Waals surface area contributed by atoms with Crippen LogP contribution in [0.15, 0.2) is 4.99 Å². The minimum Gasteiger partial charge on any atom is -0.387 e. The highest BCUT2D eigenvalue weighted by atomic mass is 19.3. The molecule has 0 heterocycles. The molecular formula is C10H16F2N2. The molecule has 2 aliphatic carbocycles. The molecule has 0 radical (unpaired) electrons. The number of rotatable bonds is 3. The monoisotopic (exact) mass is 202 g/mol. The SMILES string of the molecule is CCC(N)=NCC1CC2C(C1)C2(F)F. The van der Waals surface area contributed by atoms with Gasteiger partial charge in [0.05, 0.1) is 5.84 Å². The number of fused-ring (bicyclic) bond motifs is 1. The van der Waals surface area contributed by atoms with Gasteiger partial charge < -0.3 is 5.73 Å². The van der Waals surface area contributed by atoms with Gasteiger partial charge in [-0.2, -0.15) is 0 Å². The molecule has 14 heavy (non-hydrogen) atoms. The molecular weight excluding hydrogens is 186 g/mol. The van der Waals surface area contributed by atoms with Crippen LogP contribution in [0.25, 0.3) is 0 Å². The smallest absolute Gasteiger partial charge is 0.254 e. The third kappa shape index (κ3) is 1.51. The van der Waals surface area contributed by atoms with Crippen LogP contribution in [0.1, 0.15) is 26.2 Å². The van der Waals surface area contributed by atoms with Crippen molar-refractivity contribution in [2.75, 3.05) is 6.54 Å². The lowest BCUT2D eigenvalue weighted by Gasteiger charge is -2.11. The summed E-state index contributed by atoms with van der Waals surface area (Å²) >= 11 is 0. The fraction of sp³-hybridized carbons (Fsp3) is 0.900. The molecule has 2 unspecified atom stereocenters. The van der Waals surface area contributed by atoms with Gasteiger partial charge in [0.15, 0.2) is 0 Å². The number of hydrogen-bond acceptors (Lipinski definition) is 1. The number of alkyl halides is 2. The number of hydrogen-bond donors (Lipinski definition) is 1. The topological polar surface area (TPSA) is 38.4 Å². The van der Waals surface area contributed by atoms with Crippen LogP contribution in [0.5, 0.6) is 0 Å². The van der Waals surface area contributed by atoms with Crippen LogP contribution in [-0.4, -0.2) is 18.3 Å². The van der Waals surface area contributed by atoms with Crippen molar-refractivity contribution in [2.24, 2.45) is 28.5 Å². The maximum absolute atomic E-state index is 12.8. The minimum absolute atomic E-state index is 0.342. The van der Waals surface area contributed by atoms with Crippen molar-refractivity contribution in [3.63, 3.8) is 0 Å². The van der Waals surface area contributed by atoms with E-state index in [-0.39, 0.29) is 11.8 Å². The van der Waals surface area contributed by atoms with Gasteiger partial charge >= 0.3 is 0 Å². The molecule has 2 fully saturated rings. The molecule has 0 saturated heterocycles. The molecule has 0 bridgehead atoms. The van der Waals surface area contributed by atoms with E-state index in [9.17, 15) is 8.78 Å². The van der Waals surface area contributed by atoms with Crippen molar-refractivity contribution in [1.29, 1.82) is 0 Å². The van der Waals surface area contributed by atoms with Crippen molar-refractivity contribution < 1.29 is 8.78 Å². The maximum atomic E-state index is 12.8. The highest BCUT2D eigenvalue weighted by molar-refractivity contribution is 5.79. The number of aliphatic imine (C=N–C) groups is 1. The zero-order chi connectivity index (χ0) is 10.3. The van der Waals surface area contributed by atoms with E-state index in [0.29, 0.717) is 31.1 Å². The largest absolute Gasteiger partial charge is 0.387 e. The first-order valence-corrected chi connectivity index (χ1v) is 5.22. The second-order valence-electron chi connectivity index (χ2n) is 4.41. The van der Waals surface area contributed by atoms with E-state index in [2.05, 4.69) is 4.99 Å². The molecule has 2 N–H and O–H groups in total. The van der Waals surface area contributed by atoms with Gasteiger partial charge in [-0.15, -0.1) is 0 Å². The van der Waals surface area contributed by atoms with Crippen molar-refractivity contribution in [3.8, 4) is 0 Å². The Balaban J connectivity index is 1.78. The van der Waals surface area contributed by atoms with Crippen molar-refractivity contribution in [2.45, 2.75) is 32.1 Å². The summed E-state index contributed by atoms with van der Waals surface area (Å²) in [4.78, 5) is 4.18. The first kappa shape index (κ1) is 9.87. The Morgan fingerprint density at radius 3 is 2.50 bits per heavy atom. The average molecular weight is 202 g/mol. The van der Waals surface area contributed by atoms with Crippen LogP contribution < -0.4 is 5.73 Å². The highest BCUT2D eigenvalue weighted by Gasteiger charge is 2.71. The van der Waals surface area contributed by atoms with E-state index in [4.69, 9.17) is 5.73 Å². The molecule has 0 amide bonds. The first-order chi connectivity index (χ1) is 6.55. The van der Waals surface area contributed by atoms with Gasteiger partial charge in [-0.05, 0) is 18.8 Å². The van der Waals surface area contributed by atoms with Gasteiger partial charge in [0, 0.05) is 24.8 Å². The molecule has 2 rings (SSSR count). The van der Waals surface area contributed by atoms with Gasteiger partial charge in [-0.3, -0.25) is 4.99 Å². The fourth-order valence-corrected chi connectivity index (χ4v) is 2.43. The minimum atomic E-state index is -2.35. The zero-order valence-electron chi connectivity index (χ0n) is 8.34. The fourth-order valence-electron chi connectivity index (χ4n) is 2.43. The highest BCUT2D eigenvalue weighted by Crippen LogP contribution is 2.65. The Morgan fingerprint density at radius 2 is 2.00 bits per heavy atom. The van der Waals surface area contributed by atoms with Crippen LogP contribution in [0.2, 0.25) is 0 Å². The second kappa shape index (κ2) is 3.17. The lowest BCUT2D eigenvalue weighted by atomic mass is 10.0. The Labute approximate surface area is 82.6 Å². The van der Waals surface area contributed by atoms with Crippen molar-refractivity contribution in [3.05, 3.63) is 0 Å². The molecule has 2 aliphatic rings. The molecule has 0 aromatic carbocycles. The van der Waals surface area contributed by atoms with Crippen molar-refractivity contribution >= 4 is 5.84 Å². The lowest BCUT2D eigenvalue weighted by molar-refractivity contribution is 0.0646. The third-order valence-electron chi connectivity index (χ3n) is 3.45. The van der Waals surface area contributed by atoms with E-state index in [1.54, 1.807) is 0 Å². The summed E-state index contributed by atoms with van der Waals surface area (Å²) in [5, 5.41) is 0. The van der Waals surface area contributed by atoms with E-state index >= 15 is 0 Å². The summed E-state index contributed by atoms with van der Waals surface area (Å²) in [5.41, 5.74) is 5.55. The van der Waals surface area contributed by atoms with E-state index < -0.39 is 5.92 Å².